The molecule has 1 unspecified atom stereocenters. The molecule has 1 aliphatic heterocycles. The summed E-state index contributed by atoms with van der Waals surface area (Å²) in [5, 5.41) is 1.82. The van der Waals surface area contributed by atoms with Crippen LogP contribution in [0.3, 0.4) is 0 Å². The molecule has 0 spiro atoms. The fourth-order valence-corrected chi connectivity index (χ4v) is 2.62. The highest BCUT2D eigenvalue weighted by molar-refractivity contribution is 6.02. The predicted molar refractivity (Wildman–Crippen MR) is 76.8 cm³/mol. The van der Waals surface area contributed by atoms with Crippen molar-refractivity contribution < 1.29 is 9.53 Å². The van der Waals surface area contributed by atoms with Crippen LogP contribution < -0.4 is 10.5 Å². The summed E-state index contributed by atoms with van der Waals surface area (Å²) >= 11 is 0. The zero-order valence-electron chi connectivity index (χ0n) is 11.4. The first-order chi connectivity index (χ1) is 9.65. The van der Waals surface area contributed by atoms with Crippen molar-refractivity contribution >= 4 is 16.7 Å². The molecule has 0 saturated carbocycles. The Morgan fingerprint density at radius 2 is 2.30 bits per heavy atom. The molecule has 3 rings (SSSR count). The minimum Gasteiger partial charge on any atom is -0.488 e. The number of rotatable bonds is 3. The average Bonchev–Trinajstić information content (AvgIpc) is 2.84. The van der Waals surface area contributed by atoms with Crippen LogP contribution in [0.25, 0.3) is 10.8 Å². The van der Waals surface area contributed by atoms with Gasteiger partial charge < -0.3 is 15.4 Å². The number of hydrogen-bond acceptors (Lipinski definition) is 4. The van der Waals surface area contributed by atoms with Gasteiger partial charge in [0.1, 0.15) is 11.9 Å². The number of benzene rings is 1. The van der Waals surface area contributed by atoms with Gasteiger partial charge in [-0.25, -0.2) is 0 Å². The lowest BCUT2D eigenvalue weighted by Crippen LogP contribution is -2.23. The number of pyridine rings is 1. The third kappa shape index (κ3) is 2.32. The van der Waals surface area contributed by atoms with Crippen LogP contribution >= 0.6 is 0 Å². The number of nitrogens with two attached hydrogens (primary N) is 1. The van der Waals surface area contributed by atoms with Crippen molar-refractivity contribution in [3.05, 3.63) is 36.2 Å². The van der Waals surface area contributed by atoms with Crippen molar-refractivity contribution in [2.45, 2.75) is 12.5 Å². The van der Waals surface area contributed by atoms with Crippen LogP contribution in [0.2, 0.25) is 0 Å². The van der Waals surface area contributed by atoms with Gasteiger partial charge in [-0.2, -0.15) is 0 Å². The van der Waals surface area contributed by atoms with Crippen molar-refractivity contribution in [3.63, 3.8) is 0 Å². The van der Waals surface area contributed by atoms with Crippen molar-refractivity contribution in [1.82, 2.24) is 9.88 Å². The largest absolute Gasteiger partial charge is 0.488 e. The maximum Gasteiger partial charge on any atom is 0.252 e. The summed E-state index contributed by atoms with van der Waals surface area (Å²) in [7, 11) is 2.06. The summed E-state index contributed by atoms with van der Waals surface area (Å²) in [5.74, 6) is 0.114. The zero-order valence-corrected chi connectivity index (χ0v) is 11.4. The Kier molecular flexibility index (Phi) is 3.28. The molecule has 5 heteroatoms. The molecule has 0 bridgehead atoms. The molecule has 104 valence electrons. The Bertz CT molecular complexity index is 657. The van der Waals surface area contributed by atoms with Gasteiger partial charge in [-0.3, -0.25) is 9.78 Å². The Labute approximate surface area is 117 Å². The maximum absolute atomic E-state index is 11.6. The van der Waals surface area contributed by atoms with Gasteiger partial charge in [-0.05, 0) is 25.6 Å². The van der Waals surface area contributed by atoms with E-state index in [1.165, 1.54) is 0 Å². The second kappa shape index (κ2) is 5.09. The molecule has 1 amide bonds. The van der Waals surface area contributed by atoms with Gasteiger partial charge in [0.25, 0.3) is 5.91 Å². The van der Waals surface area contributed by atoms with Gasteiger partial charge >= 0.3 is 0 Å². The first-order valence-corrected chi connectivity index (χ1v) is 6.67. The quantitative estimate of drug-likeness (QED) is 0.916. The number of likely N-dealkylation sites (N-methyl/N-ethyl adjacent to an activating group) is 1. The summed E-state index contributed by atoms with van der Waals surface area (Å²) in [5.41, 5.74) is 5.89. The van der Waals surface area contributed by atoms with Gasteiger partial charge in [0.15, 0.2) is 0 Å². The smallest absolute Gasteiger partial charge is 0.252 e. The molecule has 5 nitrogen and oxygen atoms in total. The van der Waals surface area contributed by atoms with E-state index in [9.17, 15) is 4.79 Å². The van der Waals surface area contributed by atoms with Gasteiger partial charge in [0, 0.05) is 36.3 Å². The number of carbonyl (C=O) groups excluding carboxylic acids is 1. The van der Waals surface area contributed by atoms with E-state index in [2.05, 4.69) is 16.9 Å². The van der Waals surface area contributed by atoms with Crippen LogP contribution in [-0.2, 0) is 0 Å². The van der Waals surface area contributed by atoms with E-state index in [1.807, 2.05) is 12.1 Å². The molecule has 1 fully saturated rings. The third-order valence-corrected chi connectivity index (χ3v) is 3.67. The van der Waals surface area contributed by atoms with Crippen LogP contribution in [0, 0.1) is 0 Å². The van der Waals surface area contributed by atoms with Crippen LogP contribution in [0.15, 0.2) is 30.6 Å². The lowest BCUT2D eigenvalue weighted by atomic mass is 10.1. The molecular formula is C15H17N3O2. The lowest BCUT2D eigenvalue weighted by molar-refractivity contribution is 0.0994. The molecule has 1 saturated heterocycles. The Morgan fingerprint density at radius 1 is 1.45 bits per heavy atom. The first kappa shape index (κ1) is 12.9. The van der Waals surface area contributed by atoms with Crippen molar-refractivity contribution in [2.75, 3.05) is 20.1 Å². The highest BCUT2D eigenvalue weighted by atomic mass is 16.5. The number of primary amides is 1. The SMILES string of the molecule is CN1CCC(Oc2c(C(N)=O)ccc3cnccc23)C1. The highest BCUT2D eigenvalue weighted by Crippen LogP contribution is 2.31. The normalized spacial score (nSPS) is 19.4. The van der Waals surface area contributed by atoms with Crippen molar-refractivity contribution in [1.29, 1.82) is 0 Å². The fourth-order valence-electron chi connectivity index (χ4n) is 2.62. The standard InChI is InChI=1S/C15H17N3O2/c1-18-7-5-11(9-18)20-14-12-4-6-17-8-10(12)2-3-13(14)15(16)19/h2-4,6,8,11H,5,7,9H2,1H3,(H2,16,19). The summed E-state index contributed by atoms with van der Waals surface area (Å²) < 4.78 is 6.08. The molecule has 2 aromatic rings. The lowest BCUT2D eigenvalue weighted by Gasteiger charge is -2.17. The first-order valence-electron chi connectivity index (χ1n) is 6.67. The zero-order chi connectivity index (χ0) is 14.1. The van der Waals surface area contributed by atoms with E-state index < -0.39 is 5.91 Å². The van der Waals surface area contributed by atoms with Crippen LogP contribution in [0.4, 0.5) is 0 Å². The predicted octanol–water partition coefficient (Wildman–Crippen LogP) is 1.42. The Balaban J connectivity index is 2.05. The number of amides is 1. The second-order valence-corrected chi connectivity index (χ2v) is 5.19. The minimum absolute atomic E-state index is 0.0943. The number of carbonyl (C=O) groups is 1. The number of ether oxygens (including phenoxy) is 1. The Hall–Kier alpha value is -2.14. The number of hydrogen-bond donors (Lipinski definition) is 1. The number of likely N-dealkylation sites (tertiary alicyclic amines) is 1. The molecule has 1 aromatic carbocycles. The number of aromatic nitrogens is 1. The monoisotopic (exact) mass is 271 g/mol. The molecule has 1 aromatic heterocycles. The molecule has 0 aliphatic carbocycles. The summed E-state index contributed by atoms with van der Waals surface area (Å²) in [6, 6.07) is 5.41. The van der Waals surface area contributed by atoms with E-state index in [1.54, 1.807) is 18.5 Å². The molecule has 2 heterocycles. The van der Waals surface area contributed by atoms with Crippen LogP contribution in [0.1, 0.15) is 16.8 Å². The fraction of sp³-hybridized carbons (Fsp3) is 0.333. The second-order valence-electron chi connectivity index (χ2n) is 5.19. The molecule has 1 atom stereocenters. The van der Waals surface area contributed by atoms with Crippen molar-refractivity contribution in [3.8, 4) is 5.75 Å². The van der Waals surface area contributed by atoms with Crippen molar-refractivity contribution in [2.24, 2.45) is 5.73 Å². The summed E-state index contributed by atoms with van der Waals surface area (Å²) in [6.07, 6.45) is 4.50. The average molecular weight is 271 g/mol. The Morgan fingerprint density at radius 3 is 3.00 bits per heavy atom. The highest BCUT2D eigenvalue weighted by Gasteiger charge is 2.24. The molecule has 20 heavy (non-hydrogen) atoms. The third-order valence-electron chi connectivity index (χ3n) is 3.67. The molecule has 0 radical (unpaired) electrons. The van der Waals surface area contributed by atoms with Gasteiger partial charge in [0.2, 0.25) is 0 Å². The maximum atomic E-state index is 11.6. The van der Waals surface area contributed by atoms with Gasteiger partial charge in [-0.1, -0.05) is 6.07 Å². The van der Waals surface area contributed by atoms with E-state index in [4.69, 9.17) is 10.5 Å². The summed E-state index contributed by atoms with van der Waals surface area (Å²) in [6.45, 7) is 1.86. The van der Waals surface area contributed by atoms with E-state index in [0.29, 0.717) is 11.3 Å². The van der Waals surface area contributed by atoms with E-state index in [0.717, 1.165) is 30.3 Å². The number of nitrogens with zero attached hydrogens (tertiary/aromatic N) is 2. The molecule has 2 N–H and O–H groups in total. The van der Waals surface area contributed by atoms with E-state index >= 15 is 0 Å². The minimum atomic E-state index is -0.468. The van der Waals surface area contributed by atoms with Crippen LogP contribution in [-0.4, -0.2) is 42.0 Å². The molecular weight excluding hydrogens is 254 g/mol. The van der Waals surface area contributed by atoms with Gasteiger partial charge in [0.05, 0.1) is 5.56 Å². The van der Waals surface area contributed by atoms with Crippen LogP contribution in [0.5, 0.6) is 5.75 Å². The number of fused-ring (bicyclic) bond motifs is 1. The van der Waals surface area contributed by atoms with Gasteiger partial charge in [-0.15, -0.1) is 0 Å². The summed E-state index contributed by atoms with van der Waals surface area (Å²) in [4.78, 5) is 17.9. The molecule has 1 aliphatic rings. The van der Waals surface area contributed by atoms with E-state index in [-0.39, 0.29) is 6.10 Å². The topological polar surface area (TPSA) is 68.5 Å².